The Balaban J connectivity index is 1.56. The monoisotopic (exact) mass is 304 g/mol. The van der Waals surface area contributed by atoms with E-state index in [2.05, 4.69) is 66.7 Å². The summed E-state index contributed by atoms with van der Waals surface area (Å²) in [7, 11) is 0. The van der Waals surface area contributed by atoms with Gasteiger partial charge < -0.3 is 10.0 Å². The van der Waals surface area contributed by atoms with E-state index in [0.29, 0.717) is 0 Å². The largest absolute Gasteiger partial charge is 0.379 e. The first-order valence-electron chi connectivity index (χ1n) is 8.32. The number of hydrogen-bond acceptors (Lipinski definition) is 1. The summed E-state index contributed by atoms with van der Waals surface area (Å²) in [5, 5.41) is 13.6. The van der Waals surface area contributed by atoms with E-state index in [9.17, 15) is 5.11 Å². The van der Waals surface area contributed by atoms with Crippen LogP contribution in [0.3, 0.4) is 0 Å². The van der Waals surface area contributed by atoms with Crippen molar-refractivity contribution in [3.63, 3.8) is 0 Å². The van der Waals surface area contributed by atoms with Gasteiger partial charge in [0.1, 0.15) is 18.7 Å². The van der Waals surface area contributed by atoms with Crippen LogP contribution in [0.5, 0.6) is 0 Å². The third kappa shape index (κ3) is 2.88. The molecule has 2 heteroatoms. The molecule has 3 aromatic rings. The van der Waals surface area contributed by atoms with E-state index in [-0.39, 0.29) is 0 Å². The zero-order chi connectivity index (χ0) is 15.7. The van der Waals surface area contributed by atoms with Gasteiger partial charge in [-0.1, -0.05) is 66.7 Å². The van der Waals surface area contributed by atoms with Crippen LogP contribution in [0.25, 0.3) is 10.8 Å². The standard InChI is InChI=1S/C21H21NO/c23-21(20-11-10-18-8-4-5-9-19(18)14-20)12-13-22(16-21)15-17-6-2-1-3-7-17/h1-11,14,23H,12-13,15-16H2/p+1/t21-/m1/s1. The second-order valence-corrected chi connectivity index (χ2v) is 6.68. The van der Waals surface area contributed by atoms with E-state index in [0.717, 1.165) is 31.6 Å². The average Bonchev–Trinajstić information content (AvgIpc) is 2.97. The molecule has 1 aliphatic rings. The predicted molar refractivity (Wildman–Crippen MR) is 93.3 cm³/mol. The fourth-order valence-electron chi connectivity index (χ4n) is 3.73. The van der Waals surface area contributed by atoms with Crippen LogP contribution >= 0.6 is 0 Å². The number of nitrogens with one attached hydrogen (secondary N) is 1. The zero-order valence-corrected chi connectivity index (χ0v) is 13.2. The third-order valence-corrected chi connectivity index (χ3v) is 5.02. The van der Waals surface area contributed by atoms with Gasteiger partial charge in [-0.05, 0) is 22.4 Å². The van der Waals surface area contributed by atoms with Crippen LogP contribution in [0.4, 0.5) is 0 Å². The van der Waals surface area contributed by atoms with Gasteiger partial charge in [0.25, 0.3) is 0 Å². The highest BCUT2D eigenvalue weighted by Gasteiger charge is 2.41. The highest BCUT2D eigenvalue weighted by molar-refractivity contribution is 5.83. The summed E-state index contributed by atoms with van der Waals surface area (Å²) in [4.78, 5) is 1.45. The lowest BCUT2D eigenvalue weighted by molar-refractivity contribution is -0.904. The van der Waals surface area contributed by atoms with E-state index in [1.807, 2.05) is 6.07 Å². The fourth-order valence-corrected chi connectivity index (χ4v) is 3.73. The van der Waals surface area contributed by atoms with Crippen molar-refractivity contribution in [1.82, 2.24) is 0 Å². The molecule has 0 spiro atoms. The molecule has 3 aromatic carbocycles. The van der Waals surface area contributed by atoms with Crippen LogP contribution in [0.2, 0.25) is 0 Å². The predicted octanol–water partition coefficient (Wildman–Crippen LogP) is 2.52. The van der Waals surface area contributed by atoms with Gasteiger partial charge in [-0.25, -0.2) is 0 Å². The Labute approximate surface area is 137 Å². The summed E-state index contributed by atoms with van der Waals surface area (Å²) in [6, 6.07) is 25.3. The van der Waals surface area contributed by atoms with Gasteiger partial charge in [-0.2, -0.15) is 0 Å². The molecule has 1 saturated heterocycles. The first kappa shape index (κ1) is 14.4. The third-order valence-electron chi connectivity index (χ3n) is 5.02. The Morgan fingerprint density at radius 2 is 1.61 bits per heavy atom. The maximum atomic E-state index is 11.1. The van der Waals surface area contributed by atoms with E-state index < -0.39 is 5.60 Å². The van der Waals surface area contributed by atoms with E-state index in [4.69, 9.17) is 0 Å². The molecule has 4 rings (SSSR count). The number of likely N-dealkylation sites (tertiary alicyclic amines) is 1. The minimum absolute atomic E-state index is 0.700. The lowest BCUT2D eigenvalue weighted by Crippen LogP contribution is -3.09. The summed E-state index contributed by atoms with van der Waals surface area (Å²) >= 11 is 0. The number of fused-ring (bicyclic) bond motifs is 1. The molecule has 1 fully saturated rings. The Kier molecular flexibility index (Phi) is 3.64. The minimum Gasteiger partial charge on any atom is -0.379 e. The molecule has 0 bridgehead atoms. The van der Waals surface area contributed by atoms with Crippen molar-refractivity contribution < 1.29 is 10.0 Å². The van der Waals surface area contributed by atoms with Crippen molar-refractivity contribution >= 4 is 10.8 Å². The molecule has 23 heavy (non-hydrogen) atoms. The van der Waals surface area contributed by atoms with Gasteiger partial charge in [0.15, 0.2) is 0 Å². The molecular formula is C21H22NO+. The molecule has 0 saturated carbocycles. The van der Waals surface area contributed by atoms with E-state index >= 15 is 0 Å². The van der Waals surface area contributed by atoms with Crippen LogP contribution in [0.1, 0.15) is 17.5 Å². The summed E-state index contributed by atoms with van der Waals surface area (Å²) in [5.74, 6) is 0. The van der Waals surface area contributed by atoms with Crippen LogP contribution in [0.15, 0.2) is 72.8 Å². The second kappa shape index (κ2) is 5.80. The summed E-state index contributed by atoms with van der Waals surface area (Å²) < 4.78 is 0. The van der Waals surface area contributed by atoms with Crippen molar-refractivity contribution in [3.05, 3.63) is 83.9 Å². The second-order valence-electron chi connectivity index (χ2n) is 6.68. The summed E-state index contributed by atoms with van der Waals surface area (Å²) in [6.45, 7) is 2.77. The molecule has 2 N–H and O–H groups in total. The molecule has 0 aliphatic carbocycles. The number of rotatable bonds is 3. The maximum Gasteiger partial charge on any atom is 0.144 e. The molecule has 1 unspecified atom stereocenters. The Morgan fingerprint density at radius 1 is 0.870 bits per heavy atom. The Bertz CT molecular complexity index is 814. The van der Waals surface area contributed by atoms with Crippen LogP contribution < -0.4 is 4.90 Å². The number of aliphatic hydroxyl groups is 1. The lowest BCUT2D eigenvalue weighted by Gasteiger charge is -2.22. The van der Waals surface area contributed by atoms with Gasteiger partial charge in [-0.15, -0.1) is 0 Å². The lowest BCUT2D eigenvalue weighted by atomic mass is 9.91. The topological polar surface area (TPSA) is 24.7 Å². The molecule has 1 aliphatic heterocycles. The quantitative estimate of drug-likeness (QED) is 0.763. The van der Waals surface area contributed by atoms with Gasteiger partial charge in [0.2, 0.25) is 0 Å². The molecule has 0 radical (unpaired) electrons. The minimum atomic E-state index is -0.700. The molecule has 0 amide bonds. The Morgan fingerprint density at radius 3 is 2.43 bits per heavy atom. The number of hydrogen-bond donors (Lipinski definition) is 2. The van der Waals surface area contributed by atoms with Crippen molar-refractivity contribution in [3.8, 4) is 0 Å². The van der Waals surface area contributed by atoms with Crippen molar-refractivity contribution in [2.75, 3.05) is 13.1 Å². The van der Waals surface area contributed by atoms with Gasteiger partial charge >= 0.3 is 0 Å². The Hall–Kier alpha value is -2.16. The SMILES string of the molecule is O[C@]1(c2ccc3ccccc3c2)CC[NH+](Cc2ccccc2)C1. The molecule has 116 valence electrons. The number of benzene rings is 3. The van der Waals surface area contributed by atoms with E-state index in [1.54, 1.807) is 0 Å². The molecule has 1 heterocycles. The average molecular weight is 304 g/mol. The highest BCUT2D eigenvalue weighted by atomic mass is 16.3. The van der Waals surface area contributed by atoms with Crippen molar-refractivity contribution in [1.29, 1.82) is 0 Å². The highest BCUT2D eigenvalue weighted by Crippen LogP contribution is 2.28. The number of quaternary nitrogens is 1. The fraction of sp³-hybridized carbons (Fsp3) is 0.238. The van der Waals surface area contributed by atoms with Crippen LogP contribution in [-0.4, -0.2) is 18.2 Å². The summed E-state index contributed by atoms with van der Waals surface area (Å²) in [6.07, 6.45) is 0.827. The molecular weight excluding hydrogens is 282 g/mol. The maximum absolute atomic E-state index is 11.1. The first-order chi connectivity index (χ1) is 11.2. The molecule has 0 aromatic heterocycles. The van der Waals surface area contributed by atoms with Crippen molar-refractivity contribution in [2.24, 2.45) is 0 Å². The normalized spacial score (nSPS) is 24.1. The van der Waals surface area contributed by atoms with Crippen molar-refractivity contribution in [2.45, 2.75) is 18.6 Å². The summed E-state index contributed by atoms with van der Waals surface area (Å²) in [5.41, 5.74) is 1.69. The van der Waals surface area contributed by atoms with Crippen LogP contribution in [0, 0.1) is 0 Å². The van der Waals surface area contributed by atoms with Gasteiger partial charge in [0.05, 0.1) is 6.54 Å². The van der Waals surface area contributed by atoms with Crippen LogP contribution in [-0.2, 0) is 12.1 Å². The molecule has 2 nitrogen and oxygen atoms in total. The first-order valence-corrected chi connectivity index (χ1v) is 8.32. The van der Waals surface area contributed by atoms with E-state index in [1.165, 1.54) is 21.2 Å². The van der Waals surface area contributed by atoms with Gasteiger partial charge in [-0.3, -0.25) is 0 Å². The molecule has 2 atom stereocenters. The van der Waals surface area contributed by atoms with Gasteiger partial charge in [0, 0.05) is 12.0 Å². The smallest absolute Gasteiger partial charge is 0.144 e. The zero-order valence-electron chi connectivity index (χ0n) is 13.2.